The fourth-order valence-electron chi connectivity index (χ4n) is 2.35. The largest absolute Gasteiger partial charge is 0.494 e. The summed E-state index contributed by atoms with van der Waals surface area (Å²) in [6, 6.07) is 13.4. The maximum absolute atomic E-state index is 12.6. The van der Waals surface area contributed by atoms with E-state index in [9.17, 15) is 4.79 Å². The van der Waals surface area contributed by atoms with Crippen LogP contribution in [0.3, 0.4) is 0 Å². The Bertz CT molecular complexity index is 678. The lowest BCUT2D eigenvalue weighted by Gasteiger charge is -2.21. The van der Waals surface area contributed by atoms with Crippen molar-refractivity contribution in [2.24, 2.45) is 0 Å². The third-order valence-electron chi connectivity index (χ3n) is 3.53. The van der Waals surface area contributed by atoms with E-state index in [-0.39, 0.29) is 5.91 Å². The number of hydrogen-bond donors (Lipinski definition) is 0. The summed E-state index contributed by atoms with van der Waals surface area (Å²) in [5, 5.41) is 8.82. The molecule has 0 N–H and O–H groups in total. The van der Waals surface area contributed by atoms with Crippen molar-refractivity contribution in [1.29, 1.82) is 5.26 Å². The van der Waals surface area contributed by atoms with Gasteiger partial charge in [-0.05, 0) is 36.2 Å². The van der Waals surface area contributed by atoms with Crippen molar-refractivity contribution in [1.82, 2.24) is 9.88 Å². The molecular weight excluding hydrogens is 302 g/mol. The molecule has 0 unspecified atom stereocenters. The molecule has 0 radical (unpaired) electrons. The van der Waals surface area contributed by atoms with Gasteiger partial charge in [0.05, 0.1) is 25.5 Å². The minimum Gasteiger partial charge on any atom is -0.494 e. The van der Waals surface area contributed by atoms with Crippen LogP contribution < -0.4 is 4.74 Å². The molecule has 0 aliphatic carbocycles. The zero-order chi connectivity index (χ0) is 17.2. The van der Waals surface area contributed by atoms with Gasteiger partial charge in [0, 0.05) is 25.5 Å². The number of aromatic nitrogens is 1. The van der Waals surface area contributed by atoms with Gasteiger partial charge in [-0.25, -0.2) is 0 Å². The molecule has 5 nitrogen and oxygen atoms in total. The molecule has 5 heteroatoms. The summed E-state index contributed by atoms with van der Waals surface area (Å²) in [7, 11) is 0. The first-order valence-electron chi connectivity index (χ1n) is 7.98. The van der Waals surface area contributed by atoms with Crippen LogP contribution in [0.5, 0.6) is 5.75 Å². The molecule has 1 heterocycles. The number of ether oxygens (including phenoxy) is 1. The van der Waals surface area contributed by atoms with Crippen molar-refractivity contribution in [3.63, 3.8) is 0 Å². The Labute approximate surface area is 142 Å². The molecule has 1 amide bonds. The zero-order valence-electron chi connectivity index (χ0n) is 13.8. The van der Waals surface area contributed by atoms with Gasteiger partial charge in [-0.1, -0.05) is 18.2 Å². The van der Waals surface area contributed by atoms with Gasteiger partial charge in [-0.2, -0.15) is 5.26 Å². The molecule has 1 aromatic carbocycles. The van der Waals surface area contributed by atoms with Crippen molar-refractivity contribution in [2.45, 2.75) is 26.3 Å². The third kappa shape index (κ3) is 5.40. The Morgan fingerprint density at radius 2 is 2.04 bits per heavy atom. The zero-order valence-corrected chi connectivity index (χ0v) is 13.8. The Morgan fingerprint density at radius 3 is 2.67 bits per heavy atom. The second kappa shape index (κ2) is 9.31. The molecule has 0 atom stereocenters. The predicted molar refractivity (Wildman–Crippen MR) is 91.2 cm³/mol. The van der Waals surface area contributed by atoms with Crippen molar-refractivity contribution in [3.05, 3.63) is 59.9 Å². The first-order valence-corrected chi connectivity index (χ1v) is 7.98. The lowest BCUT2D eigenvalue weighted by atomic mass is 10.1. The molecule has 2 aromatic rings. The highest BCUT2D eigenvalue weighted by molar-refractivity contribution is 5.78. The van der Waals surface area contributed by atoms with Crippen LogP contribution in [-0.4, -0.2) is 28.9 Å². The molecule has 0 fully saturated rings. The summed E-state index contributed by atoms with van der Waals surface area (Å²) >= 11 is 0. The maximum Gasteiger partial charge on any atom is 0.227 e. The molecule has 0 spiro atoms. The molecule has 2 rings (SSSR count). The monoisotopic (exact) mass is 323 g/mol. The van der Waals surface area contributed by atoms with Gasteiger partial charge in [0.1, 0.15) is 5.75 Å². The summed E-state index contributed by atoms with van der Waals surface area (Å²) in [6.07, 6.45) is 4.06. The van der Waals surface area contributed by atoms with Crippen LogP contribution in [0.25, 0.3) is 0 Å². The second-order valence-electron chi connectivity index (χ2n) is 5.34. The number of pyridine rings is 1. The number of nitriles is 1. The second-order valence-corrected chi connectivity index (χ2v) is 5.34. The minimum atomic E-state index is -0.00161. The standard InChI is InChI=1S/C19H21N3O2/c1-2-24-18-8-6-16(7-9-18)13-19(23)22(12-4-10-20)15-17-5-3-11-21-14-17/h3,5-9,11,14H,2,4,12-13,15H2,1H3. The number of nitrogens with zero attached hydrogens (tertiary/aromatic N) is 3. The van der Waals surface area contributed by atoms with E-state index in [0.29, 0.717) is 32.5 Å². The van der Waals surface area contributed by atoms with Gasteiger partial charge in [0.15, 0.2) is 0 Å². The molecule has 0 bridgehead atoms. The minimum absolute atomic E-state index is 0.00161. The van der Waals surface area contributed by atoms with E-state index in [0.717, 1.165) is 16.9 Å². The Hall–Kier alpha value is -2.87. The summed E-state index contributed by atoms with van der Waals surface area (Å²) in [4.78, 5) is 18.4. The highest BCUT2D eigenvalue weighted by Crippen LogP contribution is 2.14. The molecule has 0 saturated carbocycles. The van der Waals surface area contributed by atoms with E-state index in [1.165, 1.54) is 0 Å². The number of carbonyl (C=O) groups is 1. The molecule has 0 aliphatic rings. The van der Waals surface area contributed by atoms with Gasteiger partial charge < -0.3 is 9.64 Å². The lowest BCUT2D eigenvalue weighted by molar-refractivity contribution is -0.131. The third-order valence-corrected chi connectivity index (χ3v) is 3.53. The van der Waals surface area contributed by atoms with Crippen LogP contribution in [-0.2, 0) is 17.8 Å². The molecule has 124 valence electrons. The molecule has 0 saturated heterocycles. The fraction of sp³-hybridized carbons (Fsp3) is 0.316. The number of rotatable bonds is 8. The van der Waals surface area contributed by atoms with Crippen LogP contribution in [0, 0.1) is 11.3 Å². The first kappa shape index (κ1) is 17.5. The molecule has 1 aromatic heterocycles. The number of benzene rings is 1. The summed E-state index contributed by atoms with van der Waals surface area (Å²) in [6.45, 7) is 3.43. The van der Waals surface area contributed by atoms with Crippen LogP contribution in [0.1, 0.15) is 24.5 Å². The van der Waals surface area contributed by atoms with Gasteiger partial charge in [0.25, 0.3) is 0 Å². The van der Waals surface area contributed by atoms with Gasteiger partial charge in [-0.3, -0.25) is 9.78 Å². The van der Waals surface area contributed by atoms with Gasteiger partial charge >= 0.3 is 0 Å². The van der Waals surface area contributed by atoms with Crippen LogP contribution in [0.4, 0.5) is 0 Å². The van der Waals surface area contributed by atoms with Crippen LogP contribution in [0.15, 0.2) is 48.8 Å². The smallest absolute Gasteiger partial charge is 0.227 e. The van der Waals surface area contributed by atoms with E-state index in [1.54, 1.807) is 17.3 Å². The number of amides is 1. The molecular formula is C19H21N3O2. The van der Waals surface area contributed by atoms with Crippen molar-refractivity contribution < 1.29 is 9.53 Å². The molecule has 24 heavy (non-hydrogen) atoms. The van der Waals surface area contributed by atoms with E-state index in [1.807, 2.05) is 43.3 Å². The highest BCUT2D eigenvalue weighted by atomic mass is 16.5. The predicted octanol–water partition coefficient (Wildman–Crippen LogP) is 2.97. The van der Waals surface area contributed by atoms with E-state index in [4.69, 9.17) is 10.00 Å². The van der Waals surface area contributed by atoms with Gasteiger partial charge in [0.2, 0.25) is 5.91 Å². The van der Waals surface area contributed by atoms with E-state index >= 15 is 0 Å². The van der Waals surface area contributed by atoms with Crippen molar-refractivity contribution in [3.8, 4) is 11.8 Å². The highest BCUT2D eigenvalue weighted by Gasteiger charge is 2.14. The number of hydrogen-bond acceptors (Lipinski definition) is 4. The Kier molecular flexibility index (Phi) is 6.78. The Morgan fingerprint density at radius 1 is 1.25 bits per heavy atom. The average molecular weight is 323 g/mol. The van der Waals surface area contributed by atoms with Crippen molar-refractivity contribution in [2.75, 3.05) is 13.2 Å². The van der Waals surface area contributed by atoms with Gasteiger partial charge in [-0.15, -0.1) is 0 Å². The SMILES string of the molecule is CCOc1ccc(CC(=O)N(CCC#N)Cc2cccnc2)cc1. The van der Waals surface area contributed by atoms with E-state index in [2.05, 4.69) is 11.1 Å². The fourth-order valence-corrected chi connectivity index (χ4v) is 2.35. The summed E-state index contributed by atoms with van der Waals surface area (Å²) < 4.78 is 5.41. The molecule has 0 aliphatic heterocycles. The Balaban J connectivity index is 2.02. The summed E-state index contributed by atoms with van der Waals surface area (Å²) in [5.41, 5.74) is 1.88. The normalized spacial score (nSPS) is 10.0. The first-order chi connectivity index (χ1) is 11.7. The summed E-state index contributed by atoms with van der Waals surface area (Å²) in [5.74, 6) is 0.795. The number of carbonyl (C=O) groups excluding carboxylic acids is 1. The average Bonchev–Trinajstić information content (AvgIpc) is 2.61. The van der Waals surface area contributed by atoms with Crippen LogP contribution in [0.2, 0.25) is 0 Å². The van der Waals surface area contributed by atoms with Crippen molar-refractivity contribution >= 4 is 5.91 Å². The van der Waals surface area contributed by atoms with E-state index < -0.39 is 0 Å². The van der Waals surface area contributed by atoms with Crippen LogP contribution >= 0.6 is 0 Å². The maximum atomic E-state index is 12.6. The quantitative estimate of drug-likeness (QED) is 0.749. The lowest BCUT2D eigenvalue weighted by Crippen LogP contribution is -2.32. The topological polar surface area (TPSA) is 66.2 Å².